The molecule has 3 fully saturated rings. The number of esters is 3. The smallest absolute Gasteiger partial charge is 0.340 e. The number of rotatable bonds is 9. The molecule has 3 aliphatic carbocycles. The Labute approximate surface area is 272 Å². The molecule has 9 atom stereocenters. The second-order valence-electron chi connectivity index (χ2n) is 16.0. The molecule has 3 saturated carbocycles. The van der Waals surface area contributed by atoms with Gasteiger partial charge in [0.1, 0.15) is 18.3 Å². The third-order valence-electron chi connectivity index (χ3n) is 11.4. The molecule has 0 spiro atoms. The van der Waals surface area contributed by atoms with E-state index in [9.17, 15) is 14.4 Å². The SMILES string of the molecule is CC(C)[C@@H]1CC[C@@H](C)C[C@H]1OC(=O)c1cccc(C(=O)O[C@@H]2C[C@H](C)CC[C@H]2C(C)C)c1C(=O)O[C@@H]1C[C@H](C)CC[C@H]1C(C)C. The summed E-state index contributed by atoms with van der Waals surface area (Å²) < 4.78 is 18.7. The van der Waals surface area contributed by atoms with Gasteiger partial charge in [-0.2, -0.15) is 0 Å². The summed E-state index contributed by atoms with van der Waals surface area (Å²) >= 11 is 0. The van der Waals surface area contributed by atoms with E-state index in [-0.39, 0.29) is 52.8 Å². The summed E-state index contributed by atoms with van der Waals surface area (Å²) in [5.41, 5.74) is 0.179. The second-order valence-corrected chi connectivity index (χ2v) is 16.0. The monoisotopic (exact) mass is 624 g/mol. The zero-order valence-electron chi connectivity index (χ0n) is 29.5. The Morgan fingerprint density at radius 2 is 0.844 bits per heavy atom. The van der Waals surface area contributed by atoms with Gasteiger partial charge in [0.05, 0.1) is 16.7 Å². The van der Waals surface area contributed by atoms with Crippen LogP contribution in [-0.4, -0.2) is 36.2 Å². The van der Waals surface area contributed by atoms with Crippen molar-refractivity contribution >= 4 is 17.9 Å². The maximum atomic E-state index is 14.2. The summed E-state index contributed by atoms with van der Waals surface area (Å²) in [4.78, 5) is 42.2. The van der Waals surface area contributed by atoms with E-state index in [1.165, 1.54) is 0 Å². The van der Waals surface area contributed by atoms with Crippen LogP contribution in [0.2, 0.25) is 0 Å². The number of benzene rings is 1. The summed E-state index contributed by atoms with van der Waals surface area (Å²) in [5.74, 6) is 1.41. The van der Waals surface area contributed by atoms with Crippen molar-refractivity contribution < 1.29 is 28.6 Å². The summed E-state index contributed by atoms with van der Waals surface area (Å²) in [6, 6.07) is 4.88. The largest absolute Gasteiger partial charge is 0.458 e. The third kappa shape index (κ3) is 8.71. The van der Waals surface area contributed by atoms with Crippen molar-refractivity contribution in [2.45, 2.75) is 138 Å². The van der Waals surface area contributed by atoms with Crippen molar-refractivity contribution in [1.29, 1.82) is 0 Å². The molecule has 0 aliphatic heterocycles. The molecule has 1 aromatic rings. The molecule has 0 N–H and O–H groups in total. The fourth-order valence-electron chi connectivity index (χ4n) is 8.46. The van der Waals surface area contributed by atoms with Gasteiger partial charge < -0.3 is 14.2 Å². The molecule has 0 saturated heterocycles. The van der Waals surface area contributed by atoms with Gasteiger partial charge in [-0.05, 0) is 104 Å². The van der Waals surface area contributed by atoms with Crippen molar-refractivity contribution in [1.82, 2.24) is 0 Å². The quantitative estimate of drug-likeness (QED) is 0.201. The van der Waals surface area contributed by atoms with E-state index in [1.807, 2.05) is 0 Å². The van der Waals surface area contributed by atoms with Crippen LogP contribution in [0.4, 0.5) is 0 Å². The molecule has 0 aromatic heterocycles. The van der Waals surface area contributed by atoms with Gasteiger partial charge in [-0.3, -0.25) is 0 Å². The lowest BCUT2D eigenvalue weighted by molar-refractivity contribution is -0.0227. The first-order valence-electron chi connectivity index (χ1n) is 18.0. The lowest BCUT2D eigenvalue weighted by atomic mass is 9.75. The molecular weight excluding hydrogens is 564 g/mol. The van der Waals surface area contributed by atoms with Crippen LogP contribution in [0.5, 0.6) is 0 Å². The van der Waals surface area contributed by atoms with Gasteiger partial charge in [0, 0.05) is 0 Å². The maximum absolute atomic E-state index is 14.2. The van der Waals surface area contributed by atoms with Crippen LogP contribution in [-0.2, 0) is 14.2 Å². The molecule has 45 heavy (non-hydrogen) atoms. The second kappa shape index (κ2) is 15.5. The van der Waals surface area contributed by atoms with E-state index in [0.29, 0.717) is 35.5 Å². The van der Waals surface area contributed by atoms with Crippen molar-refractivity contribution in [3.8, 4) is 0 Å². The van der Waals surface area contributed by atoms with Crippen molar-refractivity contribution in [3.05, 3.63) is 34.9 Å². The Hall–Kier alpha value is -2.37. The molecule has 0 amide bonds. The van der Waals surface area contributed by atoms with Gasteiger partial charge in [-0.1, -0.05) is 87.6 Å². The average molecular weight is 625 g/mol. The molecule has 252 valence electrons. The van der Waals surface area contributed by atoms with E-state index in [1.54, 1.807) is 18.2 Å². The Balaban J connectivity index is 1.69. The summed E-state index contributed by atoms with van der Waals surface area (Å²) in [6.07, 6.45) is 7.94. The summed E-state index contributed by atoms with van der Waals surface area (Å²) in [5, 5.41) is 0. The van der Waals surface area contributed by atoms with Gasteiger partial charge in [-0.25, -0.2) is 14.4 Å². The Morgan fingerprint density at radius 3 is 1.16 bits per heavy atom. The molecular formula is C39H60O6. The highest BCUT2D eigenvalue weighted by atomic mass is 16.6. The van der Waals surface area contributed by atoms with Gasteiger partial charge >= 0.3 is 17.9 Å². The Kier molecular flexibility index (Phi) is 12.2. The zero-order chi connectivity index (χ0) is 33.0. The molecule has 4 rings (SSSR count). The minimum atomic E-state index is -0.630. The summed E-state index contributed by atoms with van der Waals surface area (Å²) in [6.45, 7) is 19.6. The predicted octanol–water partition coefficient (Wildman–Crippen LogP) is 9.54. The number of hydrogen-bond donors (Lipinski definition) is 0. The van der Waals surface area contributed by atoms with Crippen LogP contribution in [0.1, 0.15) is 151 Å². The fraction of sp³-hybridized carbons (Fsp3) is 0.769. The van der Waals surface area contributed by atoms with Gasteiger partial charge in [0.2, 0.25) is 0 Å². The van der Waals surface area contributed by atoms with Crippen LogP contribution in [0, 0.1) is 53.3 Å². The van der Waals surface area contributed by atoms with Crippen LogP contribution in [0.25, 0.3) is 0 Å². The van der Waals surface area contributed by atoms with E-state index in [2.05, 4.69) is 62.3 Å². The molecule has 0 bridgehead atoms. The minimum absolute atomic E-state index is 0.0110. The van der Waals surface area contributed by atoms with E-state index >= 15 is 0 Å². The third-order valence-corrected chi connectivity index (χ3v) is 11.4. The van der Waals surface area contributed by atoms with E-state index < -0.39 is 17.9 Å². The van der Waals surface area contributed by atoms with E-state index in [0.717, 1.165) is 57.8 Å². The molecule has 6 heteroatoms. The first-order valence-corrected chi connectivity index (χ1v) is 18.0. The van der Waals surface area contributed by atoms with Crippen molar-refractivity contribution in [3.63, 3.8) is 0 Å². The van der Waals surface area contributed by atoms with Crippen LogP contribution >= 0.6 is 0 Å². The molecule has 0 heterocycles. The normalized spacial score (nSPS) is 32.4. The molecule has 0 radical (unpaired) electrons. The molecule has 6 nitrogen and oxygen atoms in total. The highest BCUT2D eigenvalue weighted by Gasteiger charge is 2.39. The fourth-order valence-corrected chi connectivity index (χ4v) is 8.46. The van der Waals surface area contributed by atoms with Crippen molar-refractivity contribution in [2.24, 2.45) is 53.3 Å². The van der Waals surface area contributed by atoms with Gasteiger partial charge in [-0.15, -0.1) is 0 Å². The molecule has 0 unspecified atom stereocenters. The number of hydrogen-bond acceptors (Lipinski definition) is 6. The summed E-state index contributed by atoms with van der Waals surface area (Å²) in [7, 11) is 0. The molecule has 1 aromatic carbocycles. The lowest BCUT2D eigenvalue weighted by Crippen LogP contribution is -2.38. The number of carbonyl (C=O) groups excluding carboxylic acids is 3. The lowest BCUT2D eigenvalue weighted by Gasteiger charge is -2.37. The van der Waals surface area contributed by atoms with Gasteiger partial charge in [0.25, 0.3) is 0 Å². The van der Waals surface area contributed by atoms with Crippen molar-refractivity contribution in [2.75, 3.05) is 0 Å². The maximum Gasteiger partial charge on any atom is 0.340 e. The number of carbonyl (C=O) groups is 3. The van der Waals surface area contributed by atoms with Crippen LogP contribution < -0.4 is 0 Å². The first kappa shape index (κ1) is 35.5. The standard InChI is InChI=1S/C39H60O6/c1-22(2)28-16-13-25(7)19-33(28)43-37(40)31-11-10-12-32(38(41)44-34-20-26(8)14-17-29(34)23(3)4)36(31)39(42)45-35-21-27(9)15-18-30(35)24(5)6/h10-12,22-30,33-35H,13-21H2,1-9H3/t25-,26-,27-,28+,29+,30+,33-,34-,35-/m1/s1. The highest BCUT2D eigenvalue weighted by molar-refractivity contribution is 6.10. The van der Waals surface area contributed by atoms with Crippen LogP contribution in [0.15, 0.2) is 18.2 Å². The Morgan fingerprint density at radius 1 is 0.533 bits per heavy atom. The topological polar surface area (TPSA) is 78.9 Å². The first-order chi connectivity index (χ1) is 21.3. The molecule has 3 aliphatic rings. The number of ether oxygens (including phenoxy) is 3. The average Bonchev–Trinajstić information content (AvgIpc) is 2.96. The predicted molar refractivity (Wildman–Crippen MR) is 178 cm³/mol. The Bertz CT molecular complexity index is 1110. The zero-order valence-corrected chi connectivity index (χ0v) is 29.5. The highest BCUT2D eigenvalue weighted by Crippen LogP contribution is 2.39. The van der Waals surface area contributed by atoms with E-state index in [4.69, 9.17) is 14.2 Å². The van der Waals surface area contributed by atoms with Crippen LogP contribution in [0.3, 0.4) is 0 Å². The van der Waals surface area contributed by atoms with Gasteiger partial charge in [0.15, 0.2) is 0 Å². The minimum Gasteiger partial charge on any atom is -0.458 e.